The number of piperidine rings is 1. The summed E-state index contributed by atoms with van der Waals surface area (Å²) < 4.78 is 11.0. The third kappa shape index (κ3) is 7.45. The van der Waals surface area contributed by atoms with Gasteiger partial charge in [0.1, 0.15) is 5.75 Å². The lowest BCUT2D eigenvalue weighted by Crippen LogP contribution is -2.49. The quantitative estimate of drug-likeness (QED) is 0.216. The van der Waals surface area contributed by atoms with E-state index in [9.17, 15) is 4.79 Å². The molecule has 1 atom stereocenters. The Balaban J connectivity index is 0.00000306. The summed E-state index contributed by atoms with van der Waals surface area (Å²) in [5, 5.41) is 6.99. The van der Waals surface area contributed by atoms with Gasteiger partial charge in [-0.1, -0.05) is 12.1 Å². The molecule has 9 heteroatoms. The van der Waals surface area contributed by atoms with Crippen LogP contribution in [-0.4, -0.2) is 81.9 Å². The van der Waals surface area contributed by atoms with Crippen LogP contribution in [0.15, 0.2) is 29.3 Å². The molecule has 0 spiro atoms. The Hall–Kier alpha value is -1.59. The predicted octanol–water partition coefficient (Wildman–Crippen LogP) is 2.48. The van der Waals surface area contributed by atoms with Gasteiger partial charge in [-0.25, -0.2) is 0 Å². The fourth-order valence-corrected chi connectivity index (χ4v) is 4.68. The number of halogens is 1. The van der Waals surface area contributed by atoms with E-state index in [0.29, 0.717) is 25.0 Å². The van der Waals surface area contributed by atoms with Gasteiger partial charge in [0.25, 0.3) is 5.91 Å². The normalized spacial score (nSPS) is 21.8. The van der Waals surface area contributed by atoms with Crippen LogP contribution in [0.2, 0.25) is 0 Å². The lowest BCUT2D eigenvalue weighted by Gasteiger charge is -2.34. The van der Waals surface area contributed by atoms with Gasteiger partial charge in [0, 0.05) is 51.9 Å². The Morgan fingerprint density at radius 1 is 1.21 bits per heavy atom. The monoisotopic (exact) mass is 571 g/mol. The zero-order valence-electron chi connectivity index (χ0n) is 19.6. The number of guanidine groups is 1. The van der Waals surface area contributed by atoms with Gasteiger partial charge < -0.3 is 29.9 Å². The van der Waals surface area contributed by atoms with Crippen LogP contribution >= 0.6 is 24.0 Å². The van der Waals surface area contributed by atoms with Crippen molar-refractivity contribution in [3.63, 3.8) is 0 Å². The zero-order valence-corrected chi connectivity index (χ0v) is 22.0. The molecule has 0 aliphatic carbocycles. The van der Waals surface area contributed by atoms with E-state index < -0.39 is 0 Å². The maximum Gasteiger partial charge on any atom is 0.265 e. The molecule has 184 valence electrons. The number of ether oxygens (including phenoxy) is 2. The van der Waals surface area contributed by atoms with Crippen LogP contribution in [-0.2, 0) is 9.53 Å². The van der Waals surface area contributed by atoms with E-state index in [1.54, 1.807) is 0 Å². The molecule has 0 bridgehead atoms. The number of amides is 1. The first-order valence-electron chi connectivity index (χ1n) is 12.1. The van der Waals surface area contributed by atoms with E-state index in [4.69, 9.17) is 14.5 Å². The average molecular weight is 572 g/mol. The Bertz CT molecular complexity index is 779. The highest BCUT2D eigenvalue weighted by Crippen LogP contribution is 2.31. The van der Waals surface area contributed by atoms with Gasteiger partial charge in [-0.2, -0.15) is 0 Å². The molecular formula is C24H38IN5O3. The van der Waals surface area contributed by atoms with Crippen LogP contribution < -0.4 is 20.3 Å². The summed E-state index contributed by atoms with van der Waals surface area (Å²) in [7, 11) is 0. The predicted molar refractivity (Wildman–Crippen MR) is 142 cm³/mol. The van der Waals surface area contributed by atoms with Crippen LogP contribution in [0.4, 0.5) is 5.69 Å². The van der Waals surface area contributed by atoms with Crippen molar-refractivity contribution in [2.45, 2.75) is 38.6 Å². The molecule has 3 heterocycles. The van der Waals surface area contributed by atoms with E-state index in [2.05, 4.69) is 22.5 Å². The number of aliphatic imine (C=N–C) groups is 1. The van der Waals surface area contributed by atoms with Gasteiger partial charge in [-0.3, -0.25) is 9.79 Å². The Morgan fingerprint density at radius 3 is 2.79 bits per heavy atom. The molecule has 2 N–H and O–H groups in total. The average Bonchev–Trinajstić information content (AvgIpc) is 3.32. The minimum absolute atomic E-state index is 0. The lowest BCUT2D eigenvalue weighted by molar-refractivity contribution is -0.121. The maximum absolute atomic E-state index is 12.3. The summed E-state index contributed by atoms with van der Waals surface area (Å²) in [6, 6.07) is 8.17. The second-order valence-electron chi connectivity index (χ2n) is 8.86. The van der Waals surface area contributed by atoms with Crippen molar-refractivity contribution in [1.82, 2.24) is 15.5 Å². The maximum atomic E-state index is 12.3. The molecule has 0 saturated carbocycles. The molecule has 0 aromatic heterocycles. The highest BCUT2D eigenvalue weighted by molar-refractivity contribution is 14.0. The van der Waals surface area contributed by atoms with Crippen LogP contribution in [0.5, 0.6) is 5.75 Å². The van der Waals surface area contributed by atoms with Crippen LogP contribution in [0.25, 0.3) is 0 Å². The van der Waals surface area contributed by atoms with Crippen molar-refractivity contribution in [3.8, 4) is 5.75 Å². The number of fused-ring (bicyclic) bond motifs is 1. The van der Waals surface area contributed by atoms with E-state index >= 15 is 0 Å². The van der Waals surface area contributed by atoms with Gasteiger partial charge in [0.2, 0.25) is 0 Å². The van der Waals surface area contributed by atoms with E-state index in [1.165, 1.54) is 13.0 Å². The van der Waals surface area contributed by atoms with Crippen molar-refractivity contribution >= 4 is 41.5 Å². The summed E-state index contributed by atoms with van der Waals surface area (Å²) in [4.78, 5) is 21.5. The molecule has 1 amide bonds. The van der Waals surface area contributed by atoms with Gasteiger partial charge >= 0.3 is 0 Å². The van der Waals surface area contributed by atoms with Crippen LogP contribution in [0.1, 0.15) is 32.6 Å². The smallest absolute Gasteiger partial charge is 0.265 e. The van der Waals surface area contributed by atoms with Crippen molar-refractivity contribution in [2.75, 3.05) is 64.0 Å². The Labute approximate surface area is 214 Å². The Kier molecular flexibility index (Phi) is 10.5. The van der Waals surface area contributed by atoms with E-state index in [0.717, 1.165) is 69.5 Å². The molecule has 1 aromatic rings. The Morgan fingerprint density at radius 2 is 2.03 bits per heavy atom. The number of nitrogens with one attached hydrogen (secondary N) is 2. The molecule has 1 aromatic carbocycles. The number of nitrogens with zero attached hydrogens (tertiary/aromatic N) is 3. The number of carbonyl (C=O) groups excluding carboxylic acids is 1. The topological polar surface area (TPSA) is 78.4 Å². The highest BCUT2D eigenvalue weighted by Gasteiger charge is 2.25. The van der Waals surface area contributed by atoms with Crippen molar-refractivity contribution in [2.24, 2.45) is 10.9 Å². The highest BCUT2D eigenvalue weighted by atomic mass is 127. The van der Waals surface area contributed by atoms with Crippen LogP contribution in [0, 0.1) is 5.92 Å². The van der Waals surface area contributed by atoms with Crippen LogP contribution in [0.3, 0.4) is 0 Å². The molecule has 2 saturated heterocycles. The number of likely N-dealkylation sites (tertiary alicyclic amines) is 1. The SMILES string of the molecule is CCNC(=NCCCN1C(=O)COc2ccccc21)NC1CCN(CC2CCOC2)CC1.I. The minimum atomic E-state index is 0. The van der Waals surface area contributed by atoms with Crippen molar-refractivity contribution in [3.05, 3.63) is 24.3 Å². The molecule has 8 nitrogen and oxygen atoms in total. The first-order valence-corrected chi connectivity index (χ1v) is 12.1. The summed E-state index contributed by atoms with van der Waals surface area (Å²) >= 11 is 0. The fourth-order valence-electron chi connectivity index (χ4n) is 4.68. The number of anilines is 1. The molecule has 2 fully saturated rings. The second kappa shape index (κ2) is 13.3. The molecule has 33 heavy (non-hydrogen) atoms. The largest absolute Gasteiger partial charge is 0.482 e. The van der Waals surface area contributed by atoms with E-state index in [-0.39, 0.29) is 36.5 Å². The van der Waals surface area contributed by atoms with Gasteiger partial charge in [-0.15, -0.1) is 24.0 Å². The number of rotatable bonds is 8. The first kappa shape index (κ1) is 26.0. The lowest BCUT2D eigenvalue weighted by atomic mass is 10.0. The number of hydrogen-bond acceptors (Lipinski definition) is 5. The summed E-state index contributed by atoms with van der Waals surface area (Å²) in [5.74, 6) is 2.37. The standard InChI is InChI=1S/C24H37N5O3.HI/c1-2-25-24(27-20-8-13-28(14-9-20)16-19-10-15-31-17-19)26-11-5-12-29-21-6-3-4-7-22(21)32-18-23(29)30;/h3-4,6-7,19-20H,2,5,8-18H2,1H3,(H2,25,26,27);1H. The summed E-state index contributed by atoms with van der Waals surface area (Å²) in [6.07, 6.45) is 4.28. The second-order valence-corrected chi connectivity index (χ2v) is 8.86. The first-order chi connectivity index (χ1) is 15.7. The molecule has 4 rings (SSSR count). The number of hydrogen-bond donors (Lipinski definition) is 2. The van der Waals surface area contributed by atoms with Gasteiger partial charge in [0.15, 0.2) is 12.6 Å². The van der Waals surface area contributed by atoms with Crippen molar-refractivity contribution < 1.29 is 14.3 Å². The van der Waals surface area contributed by atoms with Crippen molar-refractivity contribution in [1.29, 1.82) is 0 Å². The number of benzene rings is 1. The third-order valence-electron chi connectivity index (χ3n) is 6.43. The number of para-hydroxylation sites is 2. The summed E-state index contributed by atoms with van der Waals surface area (Å²) in [5.41, 5.74) is 0.855. The molecule has 3 aliphatic rings. The molecular weight excluding hydrogens is 533 g/mol. The van der Waals surface area contributed by atoms with Gasteiger partial charge in [-0.05, 0) is 50.7 Å². The fraction of sp³-hybridized carbons (Fsp3) is 0.667. The third-order valence-corrected chi connectivity index (χ3v) is 6.43. The minimum Gasteiger partial charge on any atom is -0.482 e. The molecule has 3 aliphatic heterocycles. The van der Waals surface area contributed by atoms with E-state index in [1.807, 2.05) is 29.2 Å². The molecule has 0 radical (unpaired) electrons. The number of carbonyl (C=O) groups is 1. The molecule has 1 unspecified atom stereocenters. The van der Waals surface area contributed by atoms with Gasteiger partial charge in [0.05, 0.1) is 12.3 Å². The summed E-state index contributed by atoms with van der Waals surface area (Å²) in [6.45, 7) is 9.64. The zero-order chi connectivity index (χ0) is 22.2.